The van der Waals surface area contributed by atoms with Crippen molar-refractivity contribution >= 4 is 42.5 Å². The summed E-state index contributed by atoms with van der Waals surface area (Å²) in [4.78, 5) is 18.5. The van der Waals surface area contributed by atoms with Crippen LogP contribution in [0.3, 0.4) is 0 Å². The molecule has 0 saturated carbocycles. The van der Waals surface area contributed by atoms with Crippen LogP contribution < -0.4 is 5.32 Å². The van der Waals surface area contributed by atoms with Crippen LogP contribution in [-0.2, 0) is 17.9 Å². The average molecular weight is 339 g/mol. The third-order valence-electron chi connectivity index (χ3n) is 3.52. The number of fused-ring (bicyclic) bond motifs is 1. The summed E-state index contributed by atoms with van der Waals surface area (Å²) in [5.41, 5.74) is 0. The zero-order valence-electron chi connectivity index (χ0n) is 11.2. The number of carbonyl (C=O) groups is 1. The second-order valence-electron chi connectivity index (χ2n) is 4.78. The molecule has 3 heterocycles. The van der Waals surface area contributed by atoms with E-state index >= 15 is 0 Å². The lowest BCUT2D eigenvalue weighted by Gasteiger charge is -2.30. The first-order valence-corrected chi connectivity index (χ1v) is 7.57. The summed E-state index contributed by atoms with van der Waals surface area (Å²) >= 11 is 1.93. The largest absolute Gasteiger partial charge is 0.333 e. The molecule has 114 valence electrons. The predicted octanol–water partition coefficient (Wildman–Crippen LogP) is 1.16. The van der Waals surface area contributed by atoms with Crippen LogP contribution in [0.25, 0.3) is 0 Å². The van der Waals surface area contributed by atoms with Crippen molar-refractivity contribution in [1.29, 1.82) is 0 Å². The Bertz CT molecular complexity index is 437. The molecule has 0 spiro atoms. The molecule has 1 saturated heterocycles. The molecule has 20 heavy (non-hydrogen) atoms. The molecule has 1 atom stereocenters. The van der Waals surface area contributed by atoms with E-state index in [1.165, 1.54) is 0 Å². The van der Waals surface area contributed by atoms with Gasteiger partial charge in [0.25, 0.3) is 0 Å². The highest BCUT2D eigenvalue weighted by atomic mass is 35.5. The molecule has 1 unspecified atom stereocenters. The Kier molecular flexibility index (Phi) is 7.15. The monoisotopic (exact) mass is 338 g/mol. The van der Waals surface area contributed by atoms with Crippen molar-refractivity contribution in [2.45, 2.75) is 25.6 Å². The van der Waals surface area contributed by atoms with Crippen LogP contribution in [0.5, 0.6) is 0 Å². The lowest BCUT2D eigenvalue weighted by molar-refractivity contribution is -0.133. The second-order valence-corrected chi connectivity index (χ2v) is 5.93. The number of nitrogens with one attached hydrogen (secondary N) is 1. The van der Waals surface area contributed by atoms with Gasteiger partial charge in [-0.3, -0.25) is 4.79 Å². The topological polar surface area (TPSA) is 50.2 Å². The van der Waals surface area contributed by atoms with E-state index in [1.54, 1.807) is 0 Å². The minimum Gasteiger partial charge on any atom is -0.333 e. The minimum atomic E-state index is 0. The maximum atomic E-state index is 12.2. The van der Waals surface area contributed by atoms with Gasteiger partial charge in [-0.25, -0.2) is 4.98 Å². The molecule has 1 aromatic rings. The normalized spacial score (nSPS) is 21.4. The van der Waals surface area contributed by atoms with Crippen LogP contribution >= 0.6 is 36.6 Å². The number of thioether (sulfide) groups is 1. The number of rotatable bonds is 2. The molecule has 3 rings (SSSR count). The van der Waals surface area contributed by atoms with Crippen molar-refractivity contribution in [3.63, 3.8) is 0 Å². The van der Waals surface area contributed by atoms with Gasteiger partial charge in [0, 0.05) is 56.0 Å². The van der Waals surface area contributed by atoms with Crippen LogP contribution in [-0.4, -0.2) is 51.0 Å². The molecule has 0 radical (unpaired) electrons. The first kappa shape index (κ1) is 17.6. The summed E-state index contributed by atoms with van der Waals surface area (Å²) in [7, 11) is 0. The third kappa shape index (κ3) is 4.04. The Morgan fingerprint density at radius 2 is 2.30 bits per heavy atom. The maximum Gasteiger partial charge on any atom is 0.224 e. The average Bonchev–Trinajstić information content (AvgIpc) is 2.87. The van der Waals surface area contributed by atoms with Gasteiger partial charge in [-0.05, 0) is 0 Å². The highest BCUT2D eigenvalue weighted by Crippen LogP contribution is 2.15. The molecule has 1 N–H and O–H groups in total. The first-order valence-electron chi connectivity index (χ1n) is 6.42. The lowest BCUT2D eigenvalue weighted by Crippen LogP contribution is -2.44. The standard InChI is InChI=1S/C12H18N4OS.2ClH/c17-12(7-10-9-18-6-2-13-10)16-5-4-15-3-1-14-11(15)8-16;;/h1,3,10,13H,2,4-9H2;2*1H. The zero-order valence-corrected chi connectivity index (χ0v) is 13.6. The SMILES string of the molecule is Cl.Cl.O=C(CC1CSCCN1)N1CCn2ccnc2C1. The smallest absolute Gasteiger partial charge is 0.224 e. The van der Waals surface area contributed by atoms with Gasteiger partial charge in [-0.15, -0.1) is 24.8 Å². The van der Waals surface area contributed by atoms with Crippen molar-refractivity contribution in [2.24, 2.45) is 0 Å². The molecular formula is C12H20Cl2N4OS. The fourth-order valence-electron chi connectivity index (χ4n) is 2.48. The fourth-order valence-corrected chi connectivity index (χ4v) is 3.43. The number of amides is 1. The van der Waals surface area contributed by atoms with Crippen LogP contribution in [0, 0.1) is 0 Å². The Labute approximate surface area is 135 Å². The molecule has 2 aliphatic rings. The van der Waals surface area contributed by atoms with E-state index in [4.69, 9.17) is 0 Å². The molecule has 2 aliphatic heterocycles. The minimum absolute atomic E-state index is 0. The number of imidazole rings is 1. The molecule has 8 heteroatoms. The number of nitrogens with zero attached hydrogens (tertiary/aromatic N) is 3. The molecule has 0 aliphatic carbocycles. The number of halogens is 2. The predicted molar refractivity (Wildman–Crippen MR) is 85.9 cm³/mol. The van der Waals surface area contributed by atoms with E-state index in [9.17, 15) is 4.79 Å². The van der Waals surface area contributed by atoms with Crippen LogP contribution in [0.2, 0.25) is 0 Å². The van der Waals surface area contributed by atoms with Gasteiger partial charge in [0.05, 0.1) is 6.54 Å². The number of carbonyl (C=O) groups excluding carboxylic acids is 1. The van der Waals surface area contributed by atoms with Crippen molar-refractivity contribution in [3.05, 3.63) is 18.2 Å². The third-order valence-corrected chi connectivity index (χ3v) is 4.65. The van der Waals surface area contributed by atoms with Crippen molar-refractivity contribution in [3.8, 4) is 0 Å². The molecule has 0 aromatic carbocycles. The van der Waals surface area contributed by atoms with E-state index in [0.29, 0.717) is 19.0 Å². The highest BCUT2D eigenvalue weighted by Gasteiger charge is 2.24. The highest BCUT2D eigenvalue weighted by molar-refractivity contribution is 7.99. The quantitative estimate of drug-likeness (QED) is 0.879. The Morgan fingerprint density at radius 1 is 1.45 bits per heavy atom. The summed E-state index contributed by atoms with van der Waals surface area (Å²) < 4.78 is 2.12. The number of hydrogen-bond donors (Lipinski definition) is 1. The van der Waals surface area contributed by atoms with Gasteiger partial charge in [-0.1, -0.05) is 0 Å². The molecular weight excluding hydrogens is 319 g/mol. The molecule has 1 amide bonds. The number of hydrogen-bond acceptors (Lipinski definition) is 4. The van der Waals surface area contributed by atoms with Gasteiger partial charge < -0.3 is 14.8 Å². The second kappa shape index (κ2) is 8.12. The van der Waals surface area contributed by atoms with E-state index in [-0.39, 0.29) is 30.7 Å². The summed E-state index contributed by atoms with van der Waals surface area (Å²) in [5.74, 6) is 3.46. The van der Waals surface area contributed by atoms with Crippen molar-refractivity contribution in [2.75, 3.05) is 24.6 Å². The van der Waals surface area contributed by atoms with Crippen molar-refractivity contribution in [1.82, 2.24) is 19.8 Å². The Hall–Kier alpha value is -0.430. The zero-order chi connectivity index (χ0) is 12.4. The molecule has 5 nitrogen and oxygen atoms in total. The molecule has 0 bridgehead atoms. The van der Waals surface area contributed by atoms with Gasteiger partial charge in [0.1, 0.15) is 5.82 Å². The molecule has 1 aromatic heterocycles. The van der Waals surface area contributed by atoms with Gasteiger partial charge >= 0.3 is 0 Å². The van der Waals surface area contributed by atoms with E-state index < -0.39 is 0 Å². The van der Waals surface area contributed by atoms with E-state index in [1.807, 2.05) is 29.1 Å². The fraction of sp³-hybridized carbons (Fsp3) is 0.667. The van der Waals surface area contributed by atoms with E-state index in [0.717, 1.165) is 37.0 Å². The Morgan fingerprint density at radius 3 is 3.05 bits per heavy atom. The summed E-state index contributed by atoms with van der Waals surface area (Å²) in [6.07, 6.45) is 4.41. The van der Waals surface area contributed by atoms with E-state index in [2.05, 4.69) is 14.9 Å². The summed E-state index contributed by atoms with van der Waals surface area (Å²) in [6.45, 7) is 3.36. The Balaban J connectivity index is 0.000001000. The van der Waals surface area contributed by atoms with Crippen LogP contribution in [0.4, 0.5) is 0 Å². The van der Waals surface area contributed by atoms with Gasteiger partial charge in [0.2, 0.25) is 5.91 Å². The van der Waals surface area contributed by atoms with Gasteiger partial charge in [-0.2, -0.15) is 11.8 Å². The van der Waals surface area contributed by atoms with Crippen LogP contribution in [0.1, 0.15) is 12.2 Å². The maximum absolute atomic E-state index is 12.2. The summed E-state index contributed by atoms with van der Waals surface area (Å²) in [6, 6.07) is 0.345. The lowest BCUT2D eigenvalue weighted by atomic mass is 10.2. The summed E-state index contributed by atoms with van der Waals surface area (Å²) in [5, 5.41) is 3.41. The van der Waals surface area contributed by atoms with Crippen LogP contribution in [0.15, 0.2) is 12.4 Å². The van der Waals surface area contributed by atoms with Gasteiger partial charge in [0.15, 0.2) is 0 Å². The first-order chi connectivity index (χ1) is 8.83. The molecule has 1 fully saturated rings. The van der Waals surface area contributed by atoms with Crippen molar-refractivity contribution < 1.29 is 4.79 Å². The number of aromatic nitrogens is 2.